The van der Waals surface area contributed by atoms with Gasteiger partial charge in [0, 0.05) is 28.3 Å². The molecular weight excluding hydrogens is 326 g/mol. The highest BCUT2D eigenvalue weighted by molar-refractivity contribution is 9.10. The van der Waals surface area contributed by atoms with E-state index in [0.717, 1.165) is 28.0 Å². The van der Waals surface area contributed by atoms with Gasteiger partial charge in [0.25, 0.3) is 0 Å². The van der Waals surface area contributed by atoms with E-state index in [0.29, 0.717) is 0 Å². The van der Waals surface area contributed by atoms with Crippen LogP contribution in [-0.4, -0.2) is 16.3 Å². The molecule has 1 unspecified atom stereocenters. The van der Waals surface area contributed by atoms with Gasteiger partial charge in [0.1, 0.15) is 0 Å². The van der Waals surface area contributed by atoms with E-state index < -0.39 is 0 Å². The zero-order chi connectivity index (χ0) is 13.8. The third kappa shape index (κ3) is 3.59. The van der Waals surface area contributed by atoms with Crippen LogP contribution in [0.25, 0.3) is 0 Å². The van der Waals surface area contributed by atoms with E-state index in [1.54, 1.807) is 0 Å². The molecular formula is C14H17BrClN3. The Bertz CT molecular complexity index is 553. The predicted molar refractivity (Wildman–Crippen MR) is 82.5 cm³/mol. The average Bonchev–Trinajstić information content (AvgIpc) is 2.78. The first-order valence-corrected chi connectivity index (χ1v) is 7.45. The summed E-state index contributed by atoms with van der Waals surface area (Å²) in [4.78, 5) is 0. The molecule has 0 radical (unpaired) electrons. The molecule has 0 aliphatic carbocycles. The van der Waals surface area contributed by atoms with Crippen LogP contribution in [-0.2, 0) is 7.05 Å². The summed E-state index contributed by atoms with van der Waals surface area (Å²) in [6, 6.07) is 6.01. The van der Waals surface area contributed by atoms with E-state index in [9.17, 15) is 0 Å². The second-order valence-electron chi connectivity index (χ2n) is 4.50. The third-order valence-electron chi connectivity index (χ3n) is 2.93. The van der Waals surface area contributed by atoms with E-state index in [4.69, 9.17) is 11.6 Å². The van der Waals surface area contributed by atoms with Gasteiger partial charge in [-0.1, -0.05) is 40.5 Å². The summed E-state index contributed by atoms with van der Waals surface area (Å²) in [6.45, 7) is 3.11. The Balaban J connectivity index is 2.36. The summed E-state index contributed by atoms with van der Waals surface area (Å²) in [7, 11) is 1.93. The van der Waals surface area contributed by atoms with Crippen molar-refractivity contribution in [3.8, 4) is 0 Å². The molecule has 2 rings (SSSR count). The van der Waals surface area contributed by atoms with Gasteiger partial charge in [-0.3, -0.25) is 4.68 Å². The van der Waals surface area contributed by atoms with Gasteiger partial charge < -0.3 is 5.32 Å². The summed E-state index contributed by atoms with van der Waals surface area (Å²) >= 11 is 9.60. The predicted octanol–water partition coefficient (Wildman–Crippen LogP) is 3.93. The van der Waals surface area contributed by atoms with Gasteiger partial charge in [-0.15, -0.1) is 0 Å². The number of aromatic nitrogens is 2. The molecule has 1 atom stereocenters. The van der Waals surface area contributed by atoms with E-state index in [1.807, 2.05) is 42.3 Å². The van der Waals surface area contributed by atoms with Crippen molar-refractivity contribution in [2.24, 2.45) is 7.05 Å². The summed E-state index contributed by atoms with van der Waals surface area (Å²) in [5.41, 5.74) is 2.32. The number of hydrogen-bond donors (Lipinski definition) is 1. The number of hydrogen-bond acceptors (Lipinski definition) is 2. The highest BCUT2D eigenvalue weighted by atomic mass is 79.9. The zero-order valence-electron chi connectivity index (χ0n) is 11.0. The van der Waals surface area contributed by atoms with Gasteiger partial charge in [-0.25, -0.2) is 0 Å². The highest BCUT2D eigenvalue weighted by Gasteiger charge is 2.17. The quantitative estimate of drug-likeness (QED) is 0.892. The van der Waals surface area contributed by atoms with Crippen LogP contribution in [0, 0.1) is 0 Å². The molecule has 0 aliphatic heterocycles. The van der Waals surface area contributed by atoms with Gasteiger partial charge >= 0.3 is 0 Å². The molecule has 0 spiro atoms. The maximum Gasteiger partial charge on any atom is 0.0619 e. The number of benzene rings is 1. The molecule has 102 valence electrons. The van der Waals surface area contributed by atoms with Crippen molar-refractivity contribution in [2.45, 2.75) is 19.4 Å². The van der Waals surface area contributed by atoms with Crippen LogP contribution in [0.3, 0.4) is 0 Å². The Morgan fingerprint density at radius 3 is 2.84 bits per heavy atom. The minimum absolute atomic E-state index is 0.125. The Morgan fingerprint density at radius 2 is 2.26 bits per heavy atom. The first-order chi connectivity index (χ1) is 9.11. The topological polar surface area (TPSA) is 29.9 Å². The molecule has 0 aliphatic rings. The summed E-state index contributed by atoms with van der Waals surface area (Å²) in [6.07, 6.45) is 5.02. The second kappa shape index (κ2) is 6.55. The largest absolute Gasteiger partial charge is 0.306 e. The zero-order valence-corrected chi connectivity index (χ0v) is 13.4. The molecule has 1 aromatic carbocycles. The van der Waals surface area contributed by atoms with Crippen molar-refractivity contribution in [1.29, 1.82) is 0 Å². The molecule has 0 amide bonds. The van der Waals surface area contributed by atoms with Crippen molar-refractivity contribution >= 4 is 27.5 Å². The lowest BCUT2D eigenvalue weighted by molar-refractivity contribution is 0.596. The number of halogens is 2. The molecule has 19 heavy (non-hydrogen) atoms. The standard InChI is InChI=1S/C14H17BrClN3/c1-3-6-17-14(10-8-18-19(2)9-10)12-5-4-11(16)7-13(12)15/h4-5,7-9,14,17H,3,6H2,1-2H3. The van der Waals surface area contributed by atoms with E-state index in [1.165, 1.54) is 5.56 Å². The fourth-order valence-corrected chi connectivity index (χ4v) is 2.93. The maximum atomic E-state index is 6.01. The van der Waals surface area contributed by atoms with Crippen LogP contribution >= 0.6 is 27.5 Å². The molecule has 2 aromatic rings. The smallest absolute Gasteiger partial charge is 0.0619 e. The molecule has 0 fully saturated rings. The number of aryl methyl sites for hydroxylation is 1. The van der Waals surface area contributed by atoms with Crippen molar-refractivity contribution < 1.29 is 0 Å². The second-order valence-corrected chi connectivity index (χ2v) is 5.79. The Hall–Kier alpha value is -0.840. The Labute approximate surface area is 127 Å². The molecule has 5 heteroatoms. The first kappa shape index (κ1) is 14.6. The summed E-state index contributed by atoms with van der Waals surface area (Å²) in [5, 5.41) is 8.54. The number of rotatable bonds is 5. The minimum Gasteiger partial charge on any atom is -0.306 e. The van der Waals surface area contributed by atoms with Crippen LogP contribution in [0.15, 0.2) is 35.1 Å². The lowest BCUT2D eigenvalue weighted by Crippen LogP contribution is -2.23. The first-order valence-electron chi connectivity index (χ1n) is 6.28. The minimum atomic E-state index is 0.125. The summed E-state index contributed by atoms with van der Waals surface area (Å²) < 4.78 is 2.83. The average molecular weight is 343 g/mol. The van der Waals surface area contributed by atoms with E-state index >= 15 is 0 Å². The van der Waals surface area contributed by atoms with Gasteiger partial charge in [0.15, 0.2) is 0 Å². The van der Waals surface area contributed by atoms with Crippen LogP contribution < -0.4 is 5.32 Å². The van der Waals surface area contributed by atoms with Gasteiger partial charge in [0.2, 0.25) is 0 Å². The molecule has 0 saturated heterocycles. The van der Waals surface area contributed by atoms with Crippen molar-refractivity contribution in [3.05, 3.63) is 51.2 Å². The fourth-order valence-electron chi connectivity index (χ4n) is 2.02. The molecule has 1 aromatic heterocycles. The summed E-state index contributed by atoms with van der Waals surface area (Å²) in [5.74, 6) is 0. The fraction of sp³-hybridized carbons (Fsp3) is 0.357. The number of nitrogens with zero attached hydrogens (tertiary/aromatic N) is 2. The normalized spacial score (nSPS) is 12.6. The molecule has 3 nitrogen and oxygen atoms in total. The molecule has 1 N–H and O–H groups in total. The lowest BCUT2D eigenvalue weighted by atomic mass is 10.0. The molecule has 0 bridgehead atoms. The SMILES string of the molecule is CCCNC(c1cnn(C)c1)c1ccc(Cl)cc1Br. The van der Waals surface area contributed by atoms with Crippen LogP contribution in [0.2, 0.25) is 5.02 Å². The monoisotopic (exact) mass is 341 g/mol. The van der Waals surface area contributed by atoms with Gasteiger partial charge in [-0.2, -0.15) is 5.10 Å². The van der Waals surface area contributed by atoms with Crippen molar-refractivity contribution in [3.63, 3.8) is 0 Å². The van der Waals surface area contributed by atoms with Crippen LogP contribution in [0.1, 0.15) is 30.5 Å². The van der Waals surface area contributed by atoms with Crippen LogP contribution in [0.4, 0.5) is 0 Å². The van der Waals surface area contributed by atoms with Gasteiger partial charge in [0.05, 0.1) is 12.2 Å². The Morgan fingerprint density at radius 1 is 1.47 bits per heavy atom. The van der Waals surface area contributed by atoms with Crippen molar-refractivity contribution in [1.82, 2.24) is 15.1 Å². The highest BCUT2D eigenvalue weighted by Crippen LogP contribution is 2.30. The van der Waals surface area contributed by atoms with Gasteiger partial charge in [-0.05, 0) is 30.7 Å². The maximum absolute atomic E-state index is 6.01. The molecule has 1 heterocycles. The third-order valence-corrected chi connectivity index (χ3v) is 3.85. The lowest BCUT2D eigenvalue weighted by Gasteiger charge is -2.19. The molecule has 0 saturated carbocycles. The van der Waals surface area contributed by atoms with Crippen LogP contribution in [0.5, 0.6) is 0 Å². The number of nitrogens with one attached hydrogen (secondary N) is 1. The van der Waals surface area contributed by atoms with E-state index in [2.05, 4.69) is 33.3 Å². The Kier molecular flexibility index (Phi) is 5.02. The van der Waals surface area contributed by atoms with E-state index in [-0.39, 0.29) is 6.04 Å². The van der Waals surface area contributed by atoms with Crippen molar-refractivity contribution in [2.75, 3.05) is 6.54 Å².